The minimum atomic E-state index is -1.57. The van der Waals surface area contributed by atoms with Gasteiger partial charge < -0.3 is 61.7 Å². The van der Waals surface area contributed by atoms with Crippen LogP contribution in [-0.2, 0) is 79.6 Å². The number of carbonyl (C=O) groups excluding carboxylic acids is 4. The van der Waals surface area contributed by atoms with Gasteiger partial charge in [-0.05, 0) is 103 Å². The third kappa shape index (κ3) is 13.2. The highest BCUT2D eigenvalue weighted by Gasteiger charge is 2.58. The molecule has 0 N–H and O–H groups in total. The summed E-state index contributed by atoms with van der Waals surface area (Å²) in [5.74, 6) is -3.30. The first-order valence-electron chi connectivity index (χ1n) is 25.4. The molecule has 8 unspecified atom stereocenters. The summed E-state index contributed by atoms with van der Waals surface area (Å²) in [5.41, 5.74) is -1.55. The van der Waals surface area contributed by atoms with Crippen molar-refractivity contribution in [3.63, 3.8) is 0 Å². The molecule has 410 valence electrons. The monoisotopic (exact) mass is 1070 g/mol. The molecule has 2 aromatic rings. The zero-order valence-corrected chi connectivity index (χ0v) is 47.0. The zero-order valence-electron chi connectivity index (χ0n) is 45.3. The molecule has 1 amide bonds. The van der Waals surface area contributed by atoms with E-state index in [1.54, 1.807) is 34.9 Å². The van der Waals surface area contributed by atoms with Crippen LogP contribution in [0.4, 0.5) is 9.59 Å². The summed E-state index contributed by atoms with van der Waals surface area (Å²) in [6.07, 6.45) is -7.62. The Hall–Kier alpha value is -4.34. The number of methoxy groups -OCH3 is 2. The lowest BCUT2D eigenvalue weighted by Crippen LogP contribution is -2.62. The summed E-state index contributed by atoms with van der Waals surface area (Å²) in [4.78, 5) is 58.9. The Morgan fingerprint density at radius 2 is 1.46 bits per heavy atom. The smallest absolute Gasteiger partial charge is 0.488 e. The average Bonchev–Trinajstić information content (AvgIpc) is 3.71. The molecule has 19 heteroatoms. The molecular weight excluding hydrogens is 995 g/mol. The van der Waals surface area contributed by atoms with Crippen molar-refractivity contribution in [2.45, 2.75) is 186 Å². The Morgan fingerprint density at radius 3 is 2.04 bits per heavy atom. The van der Waals surface area contributed by atoms with E-state index in [2.05, 4.69) is 0 Å². The van der Waals surface area contributed by atoms with E-state index in [0.29, 0.717) is 10.1 Å². The predicted molar refractivity (Wildman–Crippen MR) is 279 cm³/mol. The number of thioether (sulfide) groups is 1. The summed E-state index contributed by atoms with van der Waals surface area (Å²) < 4.78 is 77.3. The highest BCUT2D eigenvalue weighted by molar-refractivity contribution is 8.22. The number of likely N-dealkylation sites (N-methyl/N-ethyl adjacent to an activating group) is 1. The fraction of sp³-hybridized carbons (Fsp3) is 0.655. The summed E-state index contributed by atoms with van der Waals surface area (Å²) in [7, 11) is 4.57. The molecule has 0 spiro atoms. The normalized spacial score (nSPS) is 35.7. The van der Waals surface area contributed by atoms with Gasteiger partial charge in [0.25, 0.3) is 0 Å². The third-order valence-electron chi connectivity index (χ3n) is 15.2. The van der Waals surface area contributed by atoms with Crippen LogP contribution < -0.4 is 0 Å². The molecule has 4 aliphatic rings. The van der Waals surface area contributed by atoms with Gasteiger partial charge in [-0.25, -0.2) is 9.59 Å². The number of Topliss-reactive ketones (excluding diaryl/α,β-unsaturated/α-hetero) is 1. The average molecular weight is 1070 g/mol. The van der Waals surface area contributed by atoms with Crippen molar-refractivity contribution < 1.29 is 76.0 Å². The molecule has 4 heterocycles. The standard InChI is InChI=1S/C55H77NO16S2/c1-15-40-55(10,62-13)45(57)33(4)42-31(2)27-54(9,72-42)46(34(5)43(35(6)48(58)67-40)68-41-28-53(8,61-12)47(36(7)66-41)71-52(73)74-14)70-49-44(69-51(60)64-30-38-24-20-17-21-25-38)39(26-32(3)65-49)56(11)50(59)63-29-37-22-18-16-19-23-37/h16-25,32-36,39-41,43-44,46-47,49H,15,26-30H2,1-14H3/t32?,33-,34?,35?,36?,39?,40?,41+,43?,44-,46-,47+,49?,53-,54+,55-/m1/s1. The largest absolute Gasteiger partial charge is 0.509 e. The van der Waals surface area contributed by atoms with Gasteiger partial charge in [-0.15, -0.1) is 0 Å². The number of cyclic esters (lactones) is 1. The van der Waals surface area contributed by atoms with E-state index in [9.17, 15) is 19.2 Å². The number of esters is 1. The quantitative estimate of drug-likeness (QED) is 0.0990. The number of nitrogens with zero attached hydrogens (tertiary/aromatic N) is 1. The molecule has 0 radical (unpaired) electrons. The lowest BCUT2D eigenvalue weighted by atomic mass is 9.79. The summed E-state index contributed by atoms with van der Waals surface area (Å²) in [6, 6.07) is 17.5. The third-order valence-corrected chi connectivity index (χ3v) is 16.2. The molecular formula is C55H77NO16S2. The van der Waals surface area contributed by atoms with Crippen LogP contribution in [0.25, 0.3) is 0 Å². The van der Waals surface area contributed by atoms with E-state index in [4.69, 9.17) is 69.1 Å². The molecule has 16 atom stereocenters. The molecule has 0 saturated carbocycles. The topological polar surface area (TPSA) is 182 Å². The van der Waals surface area contributed by atoms with Gasteiger partial charge in [0, 0.05) is 40.0 Å². The van der Waals surface area contributed by atoms with Crippen molar-refractivity contribution in [1.29, 1.82) is 0 Å². The molecule has 2 bridgehead atoms. The van der Waals surface area contributed by atoms with Crippen LogP contribution in [0.15, 0.2) is 72.0 Å². The van der Waals surface area contributed by atoms with Gasteiger partial charge in [0.05, 0.1) is 36.2 Å². The first-order chi connectivity index (χ1) is 35.0. The highest BCUT2D eigenvalue weighted by atomic mass is 32.2. The number of fused-ring (bicyclic) bond motifs is 2. The molecule has 2 aromatic carbocycles. The van der Waals surface area contributed by atoms with Crippen molar-refractivity contribution in [1.82, 2.24) is 4.90 Å². The van der Waals surface area contributed by atoms with Crippen LogP contribution in [-0.4, -0.2) is 139 Å². The maximum atomic E-state index is 14.8. The Kier molecular flexibility index (Phi) is 20.1. The number of hydrogen-bond donors (Lipinski definition) is 0. The number of benzene rings is 2. The van der Waals surface area contributed by atoms with E-state index < -0.39 is 114 Å². The zero-order chi connectivity index (χ0) is 54.3. The second-order valence-corrected chi connectivity index (χ2v) is 22.0. The first-order valence-corrected chi connectivity index (χ1v) is 27.1. The number of ether oxygens (including phenoxy) is 12. The maximum Gasteiger partial charge on any atom is 0.509 e. The Morgan fingerprint density at radius 1 is 0.838 bits per heavy atom. The highest BCUT2D eigenvalue weighted by Crippen LogP contribution is 2.48. The van der Waals surface area contributed by atoms with Gasteiger partial charge in [-0.3, -0.25) is 9.59 Å². The van der Waals surface area contributed by atoms with Gasteiger partial charge >= 0.3 is 18.2 Å². The fourth-order valence-corrected chi connectivity index (χ4v) is 11.2. The van der Waals surface area contributed by atoms with Crippen LogP contribution in [0.5, 0.6) is 0 Å². The van der Waals surface area contributed by atoms with E-state index in [1.165, 1.54) is 23.8 Å². The van der Waals surface area contributed by atoms with Gasteiger partial charge in [0.15, 0.2) is 36.2 Å². The van der Waals surface area contributed by atoms with Crippen LogP contribution in [0.3, 0.4) is 0 Å². The SMILES string of the molecule is CCC1OC(=O)C(C)C(O[C@H]2C[C@@](C)(OC)[C@@H](OC(=S)SC)C(C)O2)C(C)[C@@H](OC2OC(C)CC(N(C)C(=O)OCc3ccccc3)[C@H]2OC(=O)OCc2ccccc2)[C@]2(C)CC(C)=C(O2)[C@@H](C)C(=O)[C@]1(C)OC. The molecule has 4 aliphatic heterocycles. The number of rotatable bonds is 14. The van der Waals surface area contributed by atoms with Crippen molar-refractivity contribution in [3.05, 3.63) is 83.1 Å². The van der Waals surface area contributed by atoms with Gasteiger partial charge in [-0.1, -0.05) is 86.3 Å². The van der Waals surface area contributed by atoms with Crippen molar-refractivity contribution in [2.24, 2.45) is 17.8 Å². The second-order valence-electron chi connectivity index (χ2n) is 20.6. The Bertz CT molecular complexity index is 2290. The van der Waals surface area contributed by atoms with Crippen LogP contribution in [0, 0.1) is 17.8 Å². The number of ketones is 1. The lowest BCUT2D eigenvalue weighted by molar-refractivity contribution is -0.315. The fourth-order valence-electron chi connectivity index (χ4n) is 10.9. The van der Waals surface area contributed by atoms with Crippen molar-refractivity contribution in [3.8, 4) is 0 Å². The maximum absolute atomic E-state index is 14.8. The number of carbonyl (C=O) groups is 4. The van der Waals surface area contributed by atoms with E-state index in [1.807, 2.05) is 115 Å². The van der Waals surface area contributed by atoms with E-state index in [-0.39, 0.29) is 44.7 Å². The molecule has 74 heavy (non-hydrogen) atoms. The molecule has 0 aromatic heterocycles. The molecule has 0 aliphatic carbocycles. The van der Waals surface area contributed by atoms with E-state index in [0.717, 1.165) is 16.7 Å². The van der Waals surface area contributed by atoms with Crippen molar-refractivity contribution in [2.75, 3.05) is 27.5 Å². The van der Waals surface area contributed by atoms with E-state index >= 15 is 0 Å². The van der Waals surface area contributed by atoms with Gasteiger partial charge in [0.1, 0.15) is 42.4 Å². The van der Waals surface area contributed by atoms with Crippen LogP contribution in [0.1, 0.15) is 106 Å². The van der Waals surface area contributed by atoms with Gasteiger partial charge in [0.2, 0.25) is 4.38 Å². The molecule has 17 nitrogen and oxygen atoms in total. The van der Waals surface area contributed by atoms with Gasteiger partial charge in [-0.2, -0.15) is 0 Å². The minimum absolute atomic E-state index is 0.00523. The summed E-state index contributed by atoms with van der Waals surface area (Å²) in [6.45, 7) is 18.0. The minimum Gasteiger partial charge on any atom is -0.488 e. The van der Waals surface area contributed by atoms with Crippen LogP contribution in [0.2, 0.25) is 0 Å². The Labute approximate surface area is 446 Å². The summed E-state index contributed by atoms with van der Waals surface area (Å²) in [5, 5.41) is 0. The molecule has 3 saturated heterocycles. The molecule has 6 rings (SSSR count). The van der Waals surface area contributed by atoms with Crippen LogP contribution >= 0.6 is 24.0 Å². The number of allylic oxidation sites excluding steroid dienone is 1. The number of hydrogen-bond acceptors (Lipinski definition) is 18. The summed E-state index contributed by atoms with van der Waals surface area (Å²) >= 11 is 6.76. The van der Waals surface area contributed by atoms with Crippen molar-refractivity contribution >= 4 is 52.4 Å². The first kappa shape index (κ1) is 58.9. The lowest BCUT2D eigenvalue weighted by Gasteiger charge is -2.49. The molecule has 3 fully saturated rings. The predicted octanol–water partition coefficient (Wildman–Crippen LogP) is 9.49. The second kappa shape index (κ2) is 25.2. The number of amides is 1. The number of thiocarbonyl (C=S) groups is 1. The Balaban J connectivity index is 1.44.